The number of hydrogen-bond acceptors (Lipinski definition) is 3. The number of nitrogens with one attached hydrogen (secondary N) is 1. The van der Waals surface area contributed by atoms with Crippen LogP contribution in [0.4, 0.5) is 0 Å². The number of carbonyl (C=O) groups excluding carboxylic acids is 2. The van der Waals surface area contributed by atoms with Gasteiger partial charge in [0.25, 0.3) is 0 Å². The van der Waals surface area contributed by atoms with Crippen LogP contribution < -0.4 is 11.1 Å². The fourth-order valence-electron chi connectivity index (χ4n) is 3.93. The first-order valence-electron chi connectivity index (χ1n) is 9.47. The number of fused-ring (bicyclic) bond motifs is 1. The summed E-state index contributed by atoms with van der Waals surface area (Å²) in [6, 6.07) is 6.84. The molecule has 0 bridgehead atoms. The van der Waals surface area contributed by atoms with Crippen molar-refractivity contribution < 1.29 is 9.59 Å². The highest BCUT2D eigenvalue weighted by Crippen LogP contribution is 2.24. The zero-order valence-electron chi connectivity index (χ0n) is 15.1. The molecule has 5 heteroatoms. The van der Waals surface area contributed by atoms with Crippen molar-refractivity contribution in [2.75, 3.05) is 19.6 Å². The van der Waals surface area contributed by atoms with Gasteiger partial charge in [-0.25, -0.2) is 0 Å². The Morgan fingerprint density at radius 1 is 1.24 bits per heavy atom. The minimum atomic E-state index is -0.298. The molecule has 3 rings (SSSR count). The SMILES string of the molecule is CC(NCC(=O)N1CCCC(C(N)=O)C1)c1ccc2c(c1)CCCC2. The van der Waals surface area contributed by atoms with Gasteiger partial charge in [0.15, 0.2) is 0 Å². The molecule has 1 aliphatic carbocycles. The molecule has 1 aromatic rings. The highest BCUT2D eigenvalue weighted by Gasteiger charge is 2.26. The van der Waals surface area contributed by atoms with E-state index in [0.717, 1.165) is 25.8 Å². The Hall–Kier alpha value is -1.88. The lowest BCUT2D eigenvalue weighted by Crippen LogP contribution is -2.47. The first kappa shape index (κ1) is 17.9. The van der Waals surface area contributed by atoms with E-state index in [1.807, 2.05) is 0 Å². The molecule has 0 saturated carbocycles. The lowest BCUT2D eigenvalue weighted by atomic mass is 9.89. The van der Waals surface area contributed by atoms with Gasteiger partial charge in [-0.05, 0) is 62.1 Å². The van der Waals surface area contributed by atoms with Crippen LogP contribution >= 0.6 is 0 Å². The number of nitrogens with zero attached hydrogens (tertiary/aromatic N) is 1. The standard InChI is InChI=1S/C20H29N3O2/c1-14(16-9-8-15-5-2-3-6-17(15)11-16)22-12-19(24)23-10-4-7-18(13-23)20(21)25/h8-9,11,14,18,22H,2-7,10,12-13H2,1H3,(H2,21,25). The molecule has 1 aliphatic heterocycles. The van der Waals surface area contributed by atoms with Crippen molar-refractivity contribution in [1.82, 2.24) is 10.2 Å². The van der Waals surface area contributed by atoms with Gasteiger partial charge >= 0.3 is 0 Å². The van der Waals surface area contributed by atoms with Crippen LogP contribution in [0, 0.1) is 5.92 Å². The smallest absolute Gasteiger partial charge is 0.236 e. The molecule has 3 N–H and O–H groups in total. The zero-order chi connectivity index (χ0) is 17.8. The number of nitrogens with two attached hydrogens (primary N) is 1. The lowest BCUT2D eigenvalue weighted by molar-refractivity contribution is -0.134. The van der Waals surface area contributed by atoms with Gasteiger partial charge in [0, 0.05) is 19.1 Å². The minimum Gasteiger partial charge on any atom is -0.369 e. The summed E-state index contributed by atoms with van der Waals surface area (Å²) in [5, 5.41) is 3.34. The molecule has 1 saturated heterocycles. The molecule has 0 spiro atoms. The van der Waals surface area contributed by atoms with E-state index in [1.54, 1.807) is 4.90 Å². The molecule has 2 unspecified atom stereocenters. The molecule has 1 aromatic carbocycles. The van der Waals surface area contributed by atoms with Crippen LogP contribution in [0.3, 0.4) is 0 Å². The molecule has 2 atom stereocenters. The molecule has 0 aromatic heterocycles. The van der Waals surface area contributed by atoms with E-state index >= 15 is 0 Å². The van der Waals surface area contributed by atoms with Gasteiger partial charge in [-0.3, -0.25) is 9.59 Å². The quantitative estimate of drug-likeness (QED) is 0.858. The predicted octanol–water partition coefficient (Wildman–Crippen LogP) is 1.94. The average Bonchev–Trinajstić information content (AvgIpc) is 2.65. The first-order chi connectivity index (χ1) is 12.0. The first-order valence-corrected chi connectivity index (χ1v) is 9.47. The number of piperidine rings is 1. The topological polar surface area (TPSA) is 75.4 Å². The molecule has 25 heavy (non-hydrogen) atoms. The zero-order valence-corrected chi connectivity index (χ0v) is 15.1. The second kappa shape index (κ2) is 8.00. The van der Waals surface area contributed by atoms with E-state index in [9.17, 15) is 9.59 Å². The third-order valence-corrected chi connectivity index (χ3v) is 5.61. The van der Waals surface area contributed by atoms with Crippen molar-refractivity contribution in [3.05, 3.63) is 34.9 Å². The van der Waals surface area contributed by atoms with Crippen LogP contribution in [0.5, 0.6) is 0 Å². The van der Waals surface area contributed by atoms with Gasteiger partial charge in [-0.1, -0.05) is 18.2 Å². The number of primary amides is 1. The van der Waals surface area contributed by atoms with Gasteiger partial charge in [0.05, 0.1) is 12.5 Å². The monoisotopic (exact) mass is 343 g/mol. The maximum Gasteiger partial charge on any atom is 0.236 e. The third kappa shape index (κ3) is 4.40. The van der Waals surface area contributed by atoms with Crippen LogP contribution in [-0.2, 0) is 22.4 Å². The summed E-state index contributed by atoms with van der Waals surface area (Å²) in [6.45, 7) is 3.57. The van der Waals surface area contributed by atoms with E-state index in [1.165, 1.54) is 36.0 Å². The second-order valence-corrected chi connectivity index (χ2v) is 7.42. The number of amides is 2. The summed E-state index contributed by atoms with van der Waals surface area (Å²) >= 11 is 0. The number of carbonyl (C=O) groups is 2. The van der Waals surface area contributed by atoms with Crippen molar-refractivity contribution >= 4 is 11.8 Å². The van der Waals surface area contributed by atoms with Crippen molar-refractivity contribution in [1.29, 1.82) is 0 Å². The fraction of sp³-hybridized carbons (Fsp3) is 0.600. The van der Waals surface area contributed by atoms with Crippen LogP contribution in [0.25, 0.3) is 0 Å². The van der Waals surface area contributed by atoms with Gasteiger partial charge in [-0.2, -0.15) is 0 Å². The van der Waals surface area contributed by atoms with Crippen molar-refractivity contribution in [2.45, 2.75) is 51.5 Å². The van der Waals surface area contributed by atoms with Gasteiger partial charge in [0.1, 0.15) is 0 Å². The van der Waals surface area contributed by atoms with E-state index < -0.39 is 0 Å². The summed E-state index contributed by atoms with van der Waals surface area (Å²) in [6.07, 6.45) is 6.55. The van der Waals surface area contributed by atoms with E-state index in [4.69, 9.17) is 5.73 Å². The van der Waals surface area contributed by atoms with Crippen LogP contribution in [0.2, 0.25) is 0 Å². The van der Waals surface area contributed by atoms with E-state index in [2.05, 4.69) is 30.4 Å². The largest absolute Gasteiger partial charge is 0.369 e. The number of hydrogen-bond donors (Lipinski definition) is 2. The summed E-state index contributed by atoms with van der Waals surface area (Å²) < 4.78 is 0. The Bertz CT molecular complexity index is 644. The Morgan fingerprint density at radius 2 is 2.00 bits per heavy atom. The summed E-state index contributed by atoms with van der Waals surface area (Å²) in [5.41, 5.74) is 9.57. The number of likely N-dealkylation sites (tertiary alicyclic amines) is 1. The van der Waals surface area contributed by atoms with Crippen molar-refractivity contribution in [3.8, 4) is 0 Å². The summed E-state index contributed by atoms with van der Waals surface area (Å²) in [4.78, 5) is 25.6. The third-order valence-electron chi connectivity index (χ3n) is 5.61. The van der Waals surface area contributed by atoms with Crippen molar-refractivity contribution in [3.63, 3.8) is 0 Å². The normalized spacial score (nSPS) is 21.5. The molecule has 0 radical (unpaired) electrons. The molecule has 2 amide bonds. The number of rotatable bonds is 5. The lowest BCUT2D eigenvalue weighted by Gasteiger charge is -2.31. The highest BCUT2D eigenvalue weighted by molar-refractivity contribution is 5.81. The molecule has 136 valence electrons. The van der Waals surface area contributed by atoms with Gasteiger partial charge in [-0.15, -0.1) is 0 Å². The molecule has 2 aliphatic rings. The minimum absolute atomic E-state index is 0.0516. The van der Waals surface area contributed by atoms with Gasteiger partial charge in [0.2, 0.25) is 11.8 Å². The van der Waals surface area contributed by atoms with Crippen LogP contribution in [-0.4, -0.2) is 36.3 Å². The predicted molar refractivity (Wildman–Crippen MR) is 98.0 cm³/mol. The Morgan fingerprint density at radius 3 is 2.76 bits per heavy atom. The average molecular weight is 343 g/mol. The number of benzene rings is 1. The molecule has 1 fully saturated rings. The Balaban J connectivity index is 1.54. The van der Waals surface area contributed by atoms with Crippen molar-refractivity contribution in [2.24, 2.45) is 11.7 Å². The Kier molecular flexibility index (Phi) is 5.74. The number of aryl methyl sites for hydroxylation is 2. The summed E-state index contributed by atoms with van der Waals surface area (Å²) in [7, 11) is 0. The summed E-state index contributed by atoms with van der Waals surface area (Å²) in [5.74, 6) is -0.445. The maximum absolute atomic E-state index is 12.4. The molecule has 5 nitrogen and oxygen atoms in total. The molecule has 1 heterocycles. The molecular formula is C20H29N3O2. The molecular weight excluding hydrogens is 314 g/mol. The highest BCUT2D eigenvalue weighted by atomic mass is 16.2. The second-order valence-electron chi connectivity index (χ2n) is 7.42. The Labute approximate surface area is 150 Å². The van der Waals surface area contributed by atoms with E-state index in [0.29, 0.717) is 13.1 Å². The van der Waals surface area contributed by atoms with Crippen LogP contribution in [0.15, 0.2) is 18.2 Å². The van der Waals surface area contributed by atoms with E-state index in [-0.39, 0.29) is 23.8 Å². The maximum atomic E-state index is 12.4. The fourth-order valence-corrected chi connectivity index (χ4v) is 3.93. The van der Waals surface area contributed by atoms with Gasteiger partial charge < -0.3 is 16.0 Å². The van der Waals surface area contributed by atoms with Crippen LogP contribution in [0.1, 0.15) is 55.3 Å².